The molecule has 0 aliphatic carbocycles. The van der Waals surface area contributed by atoms with Gasteiger partial charge in [-0.25, -0.2) is 4.39 Å². The van der Waals surface area contributed by atoms with Gasteiger partial charge in [0.05, 0.1) is 4.88 Å². The van der Waals surface area contributed by atoms with E-state index in [1.54, 1.807) is 49.4 Å². The Morgan fingerprint density at radius 2 is 1.75 bits per heavy atom. The predicted octanol–water partition coefficient (Wildman–Crippen LogP) is 4.64. The van der Waals surface area contributed by atoms with Crippen molar-refractivity contribution in [1.29, 1.82) is 0 Å². The van der Waals surface area contributed by atoms with Crippen molar-refractivity contribution >= 4 is 44.6 Å². The SMILES string of the molecule is CCC(=O)Nc1cccc(NC(=O)c2cc3c(F)cccc3s2)c1. The van der Waals surface area contributed by atoms with Gasteiger partial charge in [0, 0.05) is 27.9 Å². The molecule has 0 saturated heterocycles. The summed E-state index contributed by atoms with van der Waals surface area (Å²) in [6.07, 6.45) is 0.379. The Balaban J connectivity index is 1.79. The first-order chi connectivity index (χ1) is 11.6. The van der Waals surface area contributed by atoms with Crippen molar-refractivity contribution in [3.63, 3.8) is 0 Å². The molecular weight excluding hydrogens is 327 g/mol. The Morgan fingerprint density at radius 3 is 2.46 bits per heavy atom. The van der Waals surface area contributed by atoms with Gasteiger partial charge < -0.3 is 10.6 Å². The Morgan fingerprint density at radius 1 is 1.04 bits per heavy atom. The zero-order valence-corrected chi connectivity index (χ0v) is 13.7. The summed E-state index contributed by atoms with van der Waals surface area (Å²) in [5.74, 6) is -0.750. The Kier molecular flexibility index (Phi) is 4.57. The van der Waals surface area contributed by atoms with Gasteiger partial charge in [0.25, 0.3) is 5.91 Å². The van der Waals surface area contributed by atoms with E-state index >= 15 is 0 Å². The molecule has 2 N–H and O–H groups in total. The lowest BCUT2D eigenvalue weighted by Gasteiger charge is -2.07. The van der Waals surface area contributed by atoms with E-state index in [-0.39, 0.29) is 17.6 Å². The highest BCUT2D eigenvalue weighted by atomic mass is 32.1. The van der Waals surface area contributed by atoms with Crippen LogP contribution in [0.3, 0.4) is 0 Å². The van der Waals surface area contributed by atoms with Crippen LogP contribution >= 0.6 is 11.3 Å². The van der Waals surface area contributed by atoms with Crippen LogP contribution in [0.15, 0.2) is 48.5 Å². The number of thiophene rings is 1. The maximum atomic E-state index is 13.7. The van der Waals surface area contributed by atoms with Gasteiger partial charge in [-0.05, 0) is 36.4 Å². The van der Waals surface area contributed by atoms with E-state index in [1.165, 1.54) is 17.4 Å². The lowest BCUT2D eigenvalue weighted by molar-refractivity contribution is -0.115. The molecule has 0 radical (unpaired) electrons. The zero-order valence-electron chi connectivity index (χ0n) is 12.9. The Labute approximate surface area is 142 Å². The summed E-state index contributed by atoms with van der Waals surface area (Å²) < 4.78 is 14.5. The van der Waals surface area contributed by atoms with Crippen molar-refractivity contribution in [2.24, 2.45) is 0 Å². The van der Waals surface area contributed by atoms with E-state index in [9.17, 15) is 14.0 Å². The summed E-state index contributed by atoms with van der Waals surface area (Å²) in [7, 11) is 0. The molecule has 0 aliphatic heterocycles. The van der Waals surface area contributed by atoms with Crippen molar-refractivity contribution in [2.45, 2.75) is 13.3 Å². The molecule has 0 spiro atoms. The molecule has 24 heavy (non-hydrogen) atoms. The fourth-order valence-electron chi connectivity index (χ4n) is 2.25. The summed E-state index contributed by atoms with van der Waals surface area (Å²) >= 11 is 1.24. The average Bonchev–Trinajstić information content (AvgIpc) is 3.01. The van der Waals surface area contributed by atoms with Gasteiger partial charge in [-0.3, -0.25) is 9.59 Å². The number of benzene rings is 2. The van der Waals surface area contributed by atoms with Crippen LogP contribution in [0.4, 0.5) is 15.8 Å². The van der Waals surface area contributed by atoms with Crippen LogP contribution < -0.4 is 10.6 Å². The van der Waals surface area contributed by atoms with Gasteiger partial charge in [0.1, 0.15) is 5.82 Å². The fraction of sp³-hybridized carbons (Fsp3) is 0.111. The molecule has 6 heteroatoms. The minimum Gasteiger partial charge on any atom is -0.326 e. The molecule has 3 aromatic rings. The molecule has 122 valence electrons. The van der Waals surface area contributed by atoms with Gasteiger partial charge in [0.15, 0.2) is 0 Å². The number of hydrogen-bond donors (Lipinski definition) is 2. The third kappa shape index (κ3) is 3.44. The summed E-state index contributed by atoms with van der Waals surface area (Å²) in [5.41, 5.74) is 1.17. The maximum Gasteiger partial charge on any atom is 0.265 e. The largest absolute Gasteiger partial charge is 0.326 e. The molecule has 0 atom stereocenters. The predicted molar refractivity (Wildman–Crippen MR) is 95.1 cm³/mol. The monoisotopic (exact) mass is 342 g/mol. The first-order valence-corrected chi connectivity index (χ1v) is 8.28. The van der Waals surface area contributed by atoms with Gasteiger partial charge in [0.2, 0.25) is 5.91 Å². The molecule has 0 fully saturated rings. The molecule has 0 bridgehead atoms. The number of amides is 2. The van der Waals surface area contributed by atoms with E-state index in [2.05, 4.69) is 10.6 Å². The molecule has 0 aliphatic rings. The number of carbonyl (C=O) groups is 2. The van der Waals surface area contributed by atoms with E-state index in [4.69, 9.17) is 0 Å². The highest BCUT2D eigenvalue weighted by Gasteiger charge is 2.13. The third-order valence-corrected chi connectivity index (χ3v) is 4.56. The highest BCUT2D eigenvalue weighted by Crippen LogP contribution is 2.28. The third-order valence-electron chi connectivity index (χ3n) is 3.46. The normalized spacial score (nSPS) is 10.6. The van der Waals surface area contributed by atoms with E-state index in [1.807, 2.05) is 0 Å². The van der Waals surface area contributed by atoms with Crippen LogP contribution in [0.25, 0.3) is 10.1 Å². The quantitative estimate of drug-likeness (QED) is 0.725. The van der Waals surface area contributed by atoms with Crippen molar-refractivity contribution in [3.8, 4) is 0 Å². The minimum absolute atomic E-state index is 0.0986. The highest BCUT2D eigenvalue weighted by molar-refractivity contribution is 7.20. The van der Waals surface area contributed by atoms with E-state index < -0.39 is 0 Å². The van der Waals surface area contributed by atoms with Crippen molar-refractivity contribution < 1.29 is 14.0 Å². The summed E-state index contributed by atoms with van der Waals surface area (Å²) in [6, 6.07) is 13.2. The average molecular weight is 342 g/mol. The molecule has 1 aromatic heterocycles. The number of rotatable bonds is 4. The number of fused-ring (bicyclic) bond motifs is 1. The molecule has 3 rings (SSSR count). The maximum absolute atomic E-state index is 13.7. The Bertz CT molecular complexity index is 920. The zero-order chi connectivity index (χ0) is 17.1. The molecule has 0 saturated carbocycles. The summed E-state index contributed by atoms with van der Waals surface area (Å²) in [4.78, 5) is 24.2. The smallest absolute Gasteiger partial charge is 0.265 e. The molecule has 2 amide bonds. The number of carbonyl (C=O) groups excluding carboxylic acids is 2. The second kappa shape index (κ2) is 6.80. The van der Waals surface area contributed by atoms with Gasteiger partial charge in [-0.15, -0.1) is 11.3 Å². The van der Waals surface area contributed by atoms with Gasteiger partial charge in [-0.1, -0.05) is 19.1 Å². The molecule has 0 unspecified atom stereocenters. The van der Waals surface area contributed by atoms with Crippen LogP contribution in [-0.4, -0.2) is 11.8 Å². The first kappa shape index (κ1) is 16.1. The second-order valence-corrected chi connectivity index (χ2v) is 6.28. The number of hydrogen-bond acceptors (Lipinski definition) is 3. The van der Waals surface area contributed by atoms with Gasteiger partial charge in [-0.2, -0.15) is 0 Å². The molecular formula is C18H15FN2O2S. The van der Waals surface area contributed by atoms with Gasteiger partial charge >= 0.3 is 0 Å². The molecule has 2 aromatic carbocycles. The summed E-state index contributed by atoms with van der Waals surface area (Å²) in [5, 5.41) is 5.95. The van der Waals surface area contributed by atoms with Crippen LogP contribution in [-0.2, 0) is 4.79 Å². The number of anilines is 2. The Hall–Kier alpha value is -2.73. The van der Waals surface area contributed by atoms with Crippen molar-refractivity contribution in [1.82, 2.24) is 0 Å². The van der Waals surface area contributed by atoms with Crippen LogP contribution in [0.1, 0.15) is 23.0 Å². The van der Waals surface area contributed by atoms with E-state index in [0.29, 0.717) is 28.1 Å². The lowest BCUT2D eigenvalue weighted by atomic mass is 10.2. The van der Waals surface area contributed by atoms with Crippen molar-refractivity contribution in [3.05, 3.63) is 59.2 Å². The standard InChI is InChI=1S/C18H15FN2O2S/c1-2-17(22)20-11-5-3-6-12(9-11)21-18(23)16-10-13-14(19)7-4-8-15(13)24-16/h3-10H,2H2,1H3,(H,20,22)(H,21,23). The first-order valence-electron chi connectivity index (χ1n) is 7.46. The van der Waals surface area contributed by atoms with Crippen LogP contribution in [0.2, 0.25) is 0 Å². The van der Waals surface area contributed by atoms with E-state index in [0.717, 1.165) is 4.70 Å². The van der Waals surface area contributed by atoms with Crippen molar-refractivity contribution in [2.75, 3.05) is 10.6 Å². The topological polar surface area (TPSA) is 58.2 Å². The minimum atomic E-state index is -0.341. The summed E-state index contributed by atoms with van der Waals surface area (Å²) in [6.45, 7) is 1.77. The number of halogens is 1. The van der Waals surface area contributed by atoms with Crippen LogP contribution in [0.5, 0.6) is 0 Å². The lowest BCUT2D eigenvalue weighted by Crippen LogP contribution is -2.12. The fourth-order valence-corrected chi connectivity index (χ4v) is 3.22. The second-order valence-electron chi connectivity index (χ2n) is 5.20. The number of nitrogens with one attached hydrogen (secondary N) is 2. The molecule has 4 nitrogen and oxygen atoms in total. The van der Waals surface area contributed by atoms with Crippen LogP contribution in [0, 0.1) is 5.82 Å². The molecule has 1 heterocycles.